The van der Waals surface area contributed by atoms with E-state index in [2.05, 4.69) is 20.4 Å². The van der Waals surface area contributed by atoms with E-state index in [1.807, 2.05) is 0 Å². The second-order valence-corrected chi connectivity index (χ2v) is 10.4. The number of aromatic nitrogens is 6. The van der Waals surface area contributed by atoms with Crippen molar-refractivity contribution in [2.75, 3.05) is 5.32 Å². The minimum atomic E-state index is -0.854. The average molecular weight is 610 g/mol. The molecule has 0 fully saturated rings. The first-order chi connectivity index (χ1) is 21.7. The first-order valence-corrected chi connectivity index (χ1v) is 13.8. The van der Waals surface area contributed by atoms with Gasteiger partial charge in [-0.3, -0.25) is 14.2 Å². The normalized spacial score (nSPS) is 11.2. The van der Waals surface area contributed by atoms with Crippen LogP contribution in [0.2, 0.25) is 0 Å². The van der Waals surface area contributed by atoms with Crippen molar-refractivity contribution < 1.29 is 18.3 Å². The van der Waals surface area contributed by atoms with E-state index >= 15 is 4.39 Å². The molecule has 4 aromatic heterocycles. The number of Topliss-reactive ketones (excluding diaryl/α,β-unsaturated/α-hetero) is 1. The third-order valence-electron chi connectivity index (χ3n) is 6.93. The summed E-state index contributed by atoms with van der Waals surface area (Å²) in [6, 6.07) is 13.5. The topological polar surface area (TPSA) is 125 Å². The number of halogens is 2. The van der Waals surface area contributed by atoms with E-state index < -0.39 is 28.7 Å². The predicted octanol–water partition coefficient (Wildman–Crippen LogP) is 5.26. The van der Waals surface area contributed by atoms with Crippen molar-refractivity contribution in [3.05, 3.63) is 135 Å². The summed E-state index contributed by atoms with van der Waals surface area (Å²) in [7, 11) is 0. The van der Waals surface area contributed by atoms with Crippen LogP contribution < -0.4 is 21.3 Å². The summed E-state index contributed by atoms with van der Waals surface area (Å²) in [6.45, 7) is 3.45. The summed E-state index contributed by atoms with van der Waals surface area (Å²) in [6.07, 6.45) is 7.34. The molecule has 0 aliphatic heterocycles. The number of carbonyl (C=O) groups is 1. The third kappa shape index (κ3) is 5.95. The second-order valence-electron chi connectivity index (χ2n) is 10.4. The van der Waals surface area contributed by atoms with Gasteiger partial charge >= 0.3 is 5.69 Å². The van der Waals surface area contributed by atoms with Crippen LogP contribution in [-0.2, 0) is 6.42 Å². The number of rotatable bonds is 9. The smallest absolute Gasteiger partial charge is 0.335 e. The number of fused-ring (bicyclic) bond motifs is 1. The fourth-order valence-electron chi connectivity index (χ4n) is 4.73. The standard InChI is InChI=1S/C32H25F2N7O4/c1-19(2)39-18-24(30(43)41(32(39)44)23-7-5-21(33)6-8-23)27(42)15-20-4-9-28(25(34)14-20)45-29-16-22(17-40-26(29)10-13-37-40)38-31-35-11-3-12-36-31/h3-14,16-19H,15H2,1-2H3,(H,35,36,38). The molecule has 45 heavy (non-hydrogen) atoms. The first kappa shape index (κ1) is 29.1. The molecule has 13 heteroatoms. The Morgan fingerprint density at radius 1 is 0.933 bits per heavy atom. The van der Waals surface area contributed by atoms with Gasteiger partial charge in [-0.05, 0) is 67.9 Å². The molecule has 0 bridgehead atoms. The van der Waals surface area contributed by atoms with Crippen molar-refractivity contribution in [3.63, 3.8) is 0 Å². The summed E-state index contributed by atoms with van der Waals surface area (Å²) in [5.41, 5.74) is -0.267. The fourth-order valence-corrected chi connectivity index (χ4v) is 4.73. The Bertz CT molecular complexity index is 2160. The number of pyridine rings is 1. The van der Waals surface area contributed by atoms with E-state index in [0.717, 1.165) is 22.8 Å². The van der Waals surface area contributed by atoms with Crippen LogP contribution in [0.15, 0.2) is 101 Å². The molecule has 0 saturated heterocycles. The average Bonchev–Trinajstić information content (AvgIpc) is 3.49. The van der Waals surface area contributed by atoms with Gasteiger partial charge in [0.15, 0.2) is 23.1 Å². The van der Waals surface area contributed by atoms with E-state index in [4.69, 9.17) is 4.74 Å². The molecule has 4 heterocycles. The van der Waals surface area contributed by atoms with Gasteiger partial charge in [0.05, 0.1) is 23.8 Å². The summed E-state index contributed by atoms with van der Waals surface area (Å²) < 4.78 is 38.4. The van der Waals surface area contributed by atoms with Crippen LogP contribution in [0.3, 0.4) is 0 Å². The first-order valence-electron chi connectivity index (χ1n) is 13.8. The van der Waals surface area contributed by atoms with Crippen molar-refractivity contribution in [2.24, 2.45) is 0 Å². The Labute approximate surface area is 254 Å². The largest absolute Gasteiger partial charge is 0.452 e. The molecule has 0 radical (unpaired) electrons. The maximum absolute atomic E-state index is 15.3. The molecule has 0 unspecified atom stereocenters. The number of nitrogens with zero attached hydrogens (tertiary/aromatic N) is 6. The number of ketones is 1. The molecule has 2 aromatic carbocycles. The van der Waals surface area contributed by atoms with Gasteiger partial charge in [-0.1, -0.05) is 6.07 Å². The maximum Gasteiger partial charge on any atom is 0.335 e. The minimum absolute atomic E-state index is 0.102. The van der Waals surface area contributed by atoms with Crippen molar-refractivity contribution in [2.45, 2.75) is 26.3 Å². The fraction of sp³-hybridized carbons (Fsp3) is 0.125. The maximum atomic E-state index is 15.3. The Kier molecular flexibility index (Phi) is 7.73. The van der Waals surface area contributed by atoms with E-state index in [1.165, 1.54) is 35.0 Å². The summed E-state index contributed by atoms with van der Waals surface area (Å²) in [4.78, 5) is 48.1. The zero-order valence-corrected chi connectivity index (χ0v) is 24.0. The van der Waals surface area contributed by atoms with E-state index in [9.17, 15) is 18.8 Å². The van der Waals surface area contributed by atoms with Crippen molar-refractivity contribution in [3.8, 4) is 17.2 Å². The van der Waals surface area contributed by atoms with Gasteiger partial charge in [0, 0.05) is 37.1 Å². The monoisotopic (exact) mass is 609 g/mol. The molecule has 0 atom stereocenters. The molecule has 11 nitrogen and oxygen atoms in total. The minimum Gasteiger partial charge on any atom is -0.452 e. The molecule has 0 aliphatic carbocycles. The van der Waals surface area contributed by atoms with Gasteiger partial charge in [0.1, 0.15) is 16.9 Å². The van der Waals surface area contributed by atoms with Crippen LogP contribution in [0.25, 0.3) is 11.2 Å². The summed E-state index contributed by atoms with van der Waals surface area (Å²) >= 11 is 0. The van der Waals surface area contributed by atoms with E-state index in [-0.39, 0.29) is 35.0 Å². The van der Waals surface area contributed by atoms with Crippen LogP contribution in [0.5, 0.6) is 11.5 Å². The van der Waals surface area contributed by atoms with Crippen LogP contribution >= 0.6 is 0 Å². The molecule has 226 valence electrons. The van der Waals surface area contributed by atoms with Gasteiger partial charge < -0.3 is 10.1 Å². The van der Waals surface area contributed by atoms with Crippen LogP contribution in [-0.4, -0.2) is 34.5 Å². The predicted molar refractivity (Wildman–Crippen MR) is 162 cm³/mol. The lowest BCUT2D eigenvalue weighted by Gasteiger charge is -2.15. The van der Waals surface area contributed by atoms with Crippen LogP contribution in [0.4, 0.5) is 20.4 Å². The molecular formula is C32H25F2N7O4. The molecule has 6 rings (SSSR count). The lowest BCUT2D eigenvalue weighted by molar-refractivity contribution is 0.0990. The molecule has 1 N–H and O–H groups in total. The summed E-state index contributed by atoms with van der Waals surface area (Å²) in [5.74, 6) is -1.36. The zero-order chi connectivity index (χ0) is 31.7. The molecule has 0 saturated carbocycles. The lowest BCUT2D eigenvalue weighted by atomic mass is 10.0. The van der Waals surface area contributed by atoms with Gasteiger partial charge in [-0.2, -0.15) is 5.10 Å². The van der Waals surface area contributed by atoms with E-state index in [1.54, 1.807) is 61.3 Å². The number of hydrogen-bond acceptors (Lipinski definition) is 8. The number of ether oxygens (including phenoxy) is 1. The Balaban J connectivity index is 1.28. The molecule has 6 aromatic rings. The Morgan fingerprint density at radius 2 is 1.69 bits per heavy atom. The highest BCUT2D eigenvalue weighted by Gasteiger charge is 2.21. The number of benzene rings is 2. The zero-order valence-electron chi connectivity index (χ0n) is 24.0. The summed E-state index contributed by atoms with van der Waals surface area (Å²) in [5, 5.41) is 7.29. The second kappa shape index (κ2) is 12.0. The molecule has 0 amide bonds. The van der Waals surface area contributed by atoms with Crippen molar-refractivity contribution in [1.29, 1.82) is 0 Å². The third-order valence-corrected chi connectivity index (χ3v) is 6.93. The highest BCUT2D eigenvalue weighted by atomic mass is 19.1. The highest BCUT2D eigenvalue weighted by Crippen LogP contribution is 2.32. The van der Waals surface area contributed by atoms with E-state index in [0.29, 0.717) is 22.9 Å². The highest BCUT2D eigenvalue weighted by molar-refractivity contribution is 5.97. The van der Waals surface area contributed by atoms with Gasteiger partial charge in [-0.15, -0.1) is 0 Å². The SMILES string of the molecule is CC(C)n1cc(C(=O)Cc2ccc(Oc3cc(Nc4ncccn4)cn4nccc34)c(F)c2)c(=O)n(-c2ccc(F)cc2)c1=O. The van der Waals surface area contributed by atoms with Gasteiger partial charge in [-0.25, -0.2) is 32.6 Å². The Morgan fingerprint density at radius 3 is 2.40 bits per heavy atom. The van der Waals surface area contributed by atoms with Crippen LogP contribution in [0, 0.1) is 11.6 Å². The van der Waals surface area contributed by atoms with Crippen LogP contribution in [0.1, 0.15) is 35.8 Å². The molecule has 0 aliphatic rings. The van der Waals surface area contributed by atoms with Crippen molar-refractivity contribution >= 4 is 22.9 Å². The van der Waals surface area contributed by atoms with Gasteiger partial charge in [0.25, 0.3) is 5.56 Å². The molecule has 0 spiro atoms. The molecular weight excluding hydrogens is 584 g/mol. The van der Waals surface area contributed by atoms with Gasteiger partial charge in [0.2, 0.25) is 5.95 Å². The number of hydrogen-bond donors (Lipinski definition) is 1. The Hall–Kier alpha value is -5.98. The number of anilines is 2. The quantitative estimate of drug-likeness (QED) is 0.220. The lowest BCUT2D eigenvalue weighted by Crippen LogP contribution is -2.42. The number of carbonyl (C=O) groups excluding carboxylic acids is 1. The van der Waals surface area contributed by atoms with Crippen molar-refractivity contribution in [1.82, 2.24) is 28.7 Å². The number of nitrogens with one attached hydrogen (secondary N) is 1.